The molecule has 0 amide bonds. The van der Waals surface area contributed by atoms with Crippen molar-refractivity contribution in [3.8, 4) is 16.2 Å². The lowest BCUT2D eigenvalue weighted by Gasteiger charge is -2.13. The van der Waals surface area contributed by atoms with Crippen molar-refractivity contribution in [2.24, 2.45) is 0 Å². The standard InChI is InChI=1S/C25H31FNO4PS/c26-25-14-13-24(33-25)22-18-21(19-27-15-7-17-32(28,29)30)11-12-23(22)31-16-6-2-5-10-20-8-3-1-4-9-20/h1,3-4,8-9,11-14,18,27H,2,5-7,10,15-17,19H2,(H2,28,29,30). The molecule has 33 heavy (non-hydrogen) atoms. The first-order chi connectivity index (χ1) is 15.9. The van der Waals surface area contributed by atoms with E-state index in [0.717, 1.165) is 58.8 Å². The third kappa shape index (κ3) is 9.40. The molecule has 0 spiro atoms. The molecule has 0 bridgehead atoms. The molecule has 0 aliphatic heterocycles. The van der Waals surface area contributed by atoms with Crippen LogP contribution in [-0.4, -0.2) is 29.1 Å². The molecule has 3 aromatic rings. The van der Waals surface area contributed by atoms with Gasteiger partial charge in [-0.15, -0.1) is 11.3 Å². The van der Waals surface area contributed by atoms with Crippen molar-refractivity contribution in [1.29, 1.82) is 0 Å². The maximum absolute atomic E-state index is 13.7. The number of halogens is 1. The molecule has 8 heteroatoms. The molecule has 0 fully saturated rings. The van der Waals surface area contributed by atoms with Gasteiger partial charge in [-0.2, -0.15) is 4.39 Å². The van der Waals surface area contributed by atoms with E-state index in [9.17, 15) is 8.96 Å². The summed E-state index contributed by atoms with van der Waals surface area (Å²) in [5, 5.41) is 2.96. The van der Waals surface area contributed by atoms with Crippen molar-refractivity contribution >= 4 is 18.9 Å². The summed E-state index contributed by atoms with van der Waals surface area (Å²) < 4.78 is 30.7. The van der Waals surface area contributed by atoms with Gasteiger partial charge in [-0.3, -0.25) is 4.57 Å². The minimum atomic E-state index is -3.95. The first kappa shape index (κ1) is 25.6. The van der Waals surface area contributed by atoms with E-state index < -0.39 is 7.60 Å². The Bertz CT molecular complexity index is 1040. The predicted molar refractivity (Wildman–Crippen MR) is 132 cm³/mol. The van der Waals surface area contributed by atoms with Gasteiger partial charge in [0.2, 0.25) is 0 Å². The van der Waals surface area contributed by atoms with Crippen LogP contribution < -0.4 is 10.1 Å². The highest BCUT2D eigenvalue weighted by Gasteiger charge is 2.13. The van der Waals surface area contributed by atoms with Crippen molar-refractivity contribution in [2.45, 2.75) is 38.6 Å². The molecule has 178 valence electrons. The van der Waals surface area contributed by atoms with Gasteiger partial charge < -0.3 is 19.8 Å². The van der Waals surface area contributed by atoms with Crippen LogP contribution in [0.2, 0.25) is 0 Å². The van der Waals surface area contributed by atoms with Gasteiger partial charge in [0, 0.05) is 17.0 Å². The van der Waals surface area contributed by atoms with E-state index >= 15 is 0 Å². The molecule has 0 atom stereocenters. The summed E-state index contributed by atoms with van der Waals surface area (Å²) in [6.45, 7) is 1.67. The summed E-state index contributed by atoms with van der Waals surface area (Å²) >= 11 is 1.09. The summed E-state index contributed by atoms with van der Waals surface area (Å²) in [5.41, 5.74) is 3.22. The molecule has 0 saturated carbocycles. The normalized spacial score (nSPS) is 11.6. The Kier molecular flexibility index (Phi) is 10.1. The second kappa shape index (κ2) is 13.0. The fourth-order valence-corrected chi connectivity index (χ4v) is 4.86. The molecule has 3 N–H and O–H groups in total. The third-order valence-electron chi connectivity index (χ3n) is 5.22. The van der Waals surface area contributed by atoms with Crippen LogP contribution in [-0.2, 0) is 17.5 Å². The van der Waals surface area contributed by atoms with E-state index in [4.69, 9.17) is 14.5 Å². The SMILES string of the molecule is O=P(O)(O)CCCNCc1ccc(OCCCCCc2ccccc2)c(-c2ccc(F)s2)c1. The molecule has 0 unspecified atom stereocenters. The fraction of sp³-hybridized carbons (Fsp3) is 0.360. The number of rotatable bonds is 14. The topological polar surface area (TPSA) is 78.8 Å². The lowest BCUT2D eigenvalue weighted by Crippen LogP contribution is -2.15. The van der Waals surface area contributed by atoms with E-state index in [2.05, 4.69) is 29.6 Å². The Hall–Kier alpha value is -2.02. The van der Waals surface area contributed by atoms with E-state index in [1.165, 1.54) is 11.6 Å². The summed E-state index contributed by atoms with van der Waals surface area (Å²) in [6.07, 6.45) is 4.48. The van der Waals surface area contributed by atoms with Crippen LogP contribution in [0.4, 0.5) is 4.39 Å². The molecule has 5 nitrogen and oxygen atoms in total. The van der Waals surface area contributed by atoms with Gasteiger partial charge in [-0.1, -0.05) is 36.4 Å². The van der Waals surface area contributed by atoms with Gasteiger partial charge in [0.25, 0.3) is 0 Å². The monoisotopic (exact) mass is 491 g/mol. The average Bonchev–Trinajstić information content (AvgIpc) is 3.22. The molecular formula is C25H31FNO4PS. The van der Waals surface area contributed by atoms with Crippen molar-refractivity contribution in [1.82, 2.24) is 5.32 Å². The Morgan fingerprint density at radius 3 is 2.48 bits per heavy atom. The second-order valence-corrected chi connectivity index (χ2v) is 10.8. The largest absolute Gasteiger partial charge is 0.493 e. The predicted octanol–water partition coefficient (Wildman–Crippen LogP) is 6.00. The molecule has 2 aromatic carbocycles. The molecular weight excluding hydrogens is 460 g/mol. The van der Waals surface area contributed by atoms with Crippen LogP contribution in [0, 0.1) is 5.13 Å². The summed E-state index contributed by atoms with van der Waals surface area (Å²) in [5.74, 6) is 0.741. The van der Waals surface area contributed by atoms with Gasteiger partial charge in [0.05, 0.1) is 12.8 Å². The maximum atomic E-state index is 13.7. The fourth-order valence-electron chi connectivity index (χ4n) is 3.54. The van der Waals surface area contributed by atoms with Crippen molar-refractivity contribution in [3.05, 3.63) is 76.9 Å². The van der Waals surface area contributed by atoms with Gasteiger partial charge in [0.1, 0.15) is 5.75 Å². The van der Waals surface area contributed by atoms with Crippen molar-refractivity contribution in [2.75, 3.05) is 19.3 Å². The molecule has 1 aromatic heterocycles. The molecule has 1 heterocycles. The quantitative estimate of drug-likeness (QED) is 0.190. The summed E-state index contributed by atoms with van der Waals surface area (Å²) in [4.78, 5) is 18.7. The summed E-state index contributed by atoms with van der Waals surface area (Å²) in [7, 11) is -3.95. The number of unbranched alkanes of at least 4 members (excludes halogenated alkanes) is 2. The van der Waals surface area contributed by atoms with Crippen molar-refractivity contribution < 1.29 is 23.5 Å². The van der Waals surface area contributed by atoms with E-state index in [0.29, 0.717) is 26.1 Å². The van der Waals surface area contributed by atoms with Crippen LogP contribution in [0.15, 0.2) is 60.7 Å². The molecule has 0 aliphatic rings. The van der Waals surface area contributed by atoms with Crippen molar-refractivity contribution in [3.63, 3.8) is 0 Å². The number of ether oxygens (including phenoxy) is 1. The number of hydrogen-bond acceptors (Lipinski definition) is 4. The van der Waals surface area contributed by atoms with Crippen LogP contribution in [0.3, 0.4) is 0 Å². The Morgan fingerprint density at radius 2 is 1.76 bits per heavy atom. The molecule has 0 aliphatic carbocycles. The number of benzene rings is 2. The number of hydrogen-bond donors (Lipinski definition) is 3. The van der Waals surface area contributed by atoms with Gasteiger partial charge >= 0.3 is 7.60 Å². The Morgan fingerprint density at radius 1 is 0.939 bits per heavy atom. The highest BCUT2D eigenvalue weighted by atomic mass is 32.1. The van der Waals surface area contributed by atoms with E-state index in [-0.39, 0.29) is 11.3 Å². The lowest BCUT2D eigenvalue weighted by molar-refractivity contribution is 0.306. The van der Waals surface area contributed by atoms with Gasteiger partial charge in [-0.05, 0) is 74.0 Å². The average molecular weight is 492 g/mol. The minimum Gasteiger partial charge on any atom is -0.493 e. The number of nitrogens with one attached hydrogen (secondary N) is 1. The zero-order valence-electron chi connectivity index (χ0n) is 18.6. The second-order valence-electron chi connectivity index (χ2n) is 8.00. The molecule has 0 saturated heterocycles. The zero-order chi connectivity index (χ0) is 23.5. The van der Waals surface area contributed by atoms with Crippen LogP contribution in [0.5, 0.6) is 5.75 Å². The Labute approximate surface area is 198 Å². The minimum absolute atomic E-state index is 0.127. The smallest absolute Gasteiger partial charge is 0.325 e. The first-order valence-electron chi connectivity index (χ1n) is 11.2. The summed E-state index contributed by atoms with van der Waals surface area (Å²) in [6, 6.07) is 19.6. The highest BCUT2D eigenvalue weighted by Crippen LogP contribution is 2.36. The number of thiophene rings is 1. The van der Waals surface area contributed by atoms with Crippen LogP contribution in [0.1, 0.15) is 36.8 Å². The van der Waals surface area contributed by atoms with Gasteiger partial charge in [-0.25, -0.2) is 0 Å². The lowest BCUT2D eigenvalue weighted by atomic mass is 10.1. The highest BCUT2D eigenvalue weighted by molar-refractivity contribution is 7.51. The van der Waals surface area contributed by atoms with Crippen LogP contribution in [0.25, 0.3) is 10.4 Å². The van der Waals surface area contributed by atoms with E-state index in [1.54, 1.807) is 6.07 Å². The molecule has 3 rings (SSSR count). The first-order valence-corrected chi connectivity index (χ1v) is 13.8. The number of aryl methyl sites for hydroxylation is 1. The maximum Gasteiger partial charge on any atom is 0.325 e. The van der Waals surface area contributed by atoms with Gasteiger partial charge in [0.15, 0.2) is 5.13 Å². The van der Waals surface area contributed by atoms with E-state index in [1.807, 2.05) is 24.3 Å². The molecule has 0 radical (unpaired) electrons. The Balaban J connectivity index is 1.51. The zero-order valence-corrected chi connectivity index (χ0v) is 20.3. The van der Waals surface area contributed by atoms with Crippen LogP contribution >= 0.6 is 18.9 Å². The third-order valence-corrected chi connectivity index (χ3v) is 7.03.